The van der Waals surface area contributed by atoms with Crippen molar-refractivity contribution in [2.75, 3.05) is 6.61 Å². The van der Waals surface area contributed by atoms with Gasteiger partial charge in [-0.3, -0.25) is 0 Å². The van der Waals surface area contributed by atoms with Gasteiger partial charge < -0.3 is 9.16 Å². The number of benzene rings is 1. The minimum atomic E-state index is -2.05. The van der Waals surface area contributed by atoms with Gasteiger partial charge in [0.05, 0.1) is 18.8 Å². The molecule has 160 valence electrons. The van der Waals surface area contributed by atoms with Gasteiger partial charge in [0.1, 0.15) is 5.82 Å². The maximum absolute atomic E-state index is 13.3. The van der Waals surface area contributed by atoms with Crippen LogP contribution in [-0.2, 0) is 15.6 Å². The van der Waals surface area contributed by atoms with Crippen molar-refractivity contribution in [3.05, 3.63) is 48.3 Å². The van der Waals surface area contributed by atoms with Crippen molar-refractivity contribution in [1.82, 2.24) is 0 Å². The molecule has 0 heterocycles. The molecule has 1 rings (SSSR count). The monoisotopic (exact) mass is 408 g/mol. The van der Waals surface area contributed by atoms with Crippen LogP contribution in [0.4, 0.5) is 4.39 Å². The predicted molar refractivity (Wildman–Crippen MR) is 121 cm³/mol. The van der Waals surface area contributed by atoms with Crippen LogP contribution >= 0.6 is 0 Å². The van der Waals surface area contributed by atoms with Crippen LogP contribution in [0, 0.1) is 11.7 Å². The Morgan fingerprint density at radius 1 is 0.929 bits per heavy atom. The minimum Gasteiger partial charge on any atom is -0.410 e. The summed E-state index contributed by atoms with van der Waals surface area (Å²) in [6.45, 7) is 22.6. The molecule has 0 fully saturated rings. The normalized spacial score (nSPS) is 14.9. The maximum atomic E-state index is 13.3. The quantitative estimate of drug-likeness (QED) is 0.270. The molecule has 1 aromatic carbocycles. The molecule has 0 aromatic heterocycles. The summed E-state index contributed by atoms with van der Waals surface area (Å²) in [5, 5.41) is 0. The van der Waals surface area contributed by atoms with Gasteiger partial charge >= 0.3 is 0 Å². The Balaban J connectivity index is 3.25. The molecule has 0 aliphatic carbocycles. The zero-order valence-corrected chi connectivity index (χ0v) is 20.2. The molecule has 0 spiro atoms. The van der Waals surface area contributed by atoms with Crippen LogP contribution in [0.1, 0.15) is 61.0 Å². The lowest BCUT2D eigenvalue weighted by atomic mass is 9.96. The second-order valence-electron chi connectivity index (χ2n) is 9.14. The fourth-order valence-electron chi connectivity index (χ4n) is 4.60. The van der Waals surface area contributed by atoms with Crippen molar-refractivity contribution in [3.8, 4) is 0 Å². The van der Waals surface area contributed by atoms with E-state index >= 15 is 0 Å². The van der Waals surface area contributed by atoms with Crippen LogP contribution in [0.2, 0.25) is 16.6 Å². The fourth-order valence-corrected chi connectivity index (χ4v) is 10.3. The summed E-state index contributed by atoms with van der Waals surface area (Å²) >= 11 is 0. The summed E-state index contributed by atoms with van der Waals surface area (Å²) in [7, 11) is -2.05. The van der Waals surface area contributed by atoms with Gasteiger partial charge in [-0.15, -0.1) is 6.58 Å². The molecule has 0 N–H and O–H groups in total. The van der Waals surface area contributed by atoms with Crippen LogP contribution in [0.3, 0.4) is 0 Å². The summed E-state index contributed by atoms with van der Waals surface area (Å²) in [5.41, 5.74) is 2.61. The second-order valence-corrected chi connectivity index (χ2v) is 14.5. The molecule has 2 nitrogen and oxygen atoms in total. The van der Waals surface area contributed by atoms with Gasteiger partial charge in [0.2, 0.25) is 8.32 Å². The van der Waals surface area contributed by atoms with Crippen molar-refractivity contribution in [1.29, 1.82) is 0 Å². The van der Waals surface area contributed by atoms with E-state index in [4.69, 9.17) is 9.16 Å². The Hall–Kier alpha value is -0.973. The summed E-state index contributed by atoms with van der Waals surface area (Å²) in [5.74, 6) is 0.105. The van der Waals surface area contributed by atoms with Crippen molar-refractivity contribution in [2.24, 2.45) is 5.92 Å². The molecule has 2 atom stereocenters. The van der Waals surface area contributed by atoms with Gasteiger partial charge in [0.15, 0.2) is 0 Å². The zero-order valence-electron chi connectivity index (χ0n) is 19.2. The Morgan fingerprint density at radius 3 is 1.82 bits per heavy atom. The van der Waals surface area contributed by atoms with Gasteiger partial charge in [-0.1, -0.05) is 73.6 Å². The third kappa shape index (κ3) is 6.26. The number of hydrogen-bond acceptors (Lipinski definition) is 2. The first-order valence-electron chi connectivity index (χ1n) is 10.7. The SMILES string of the molecule is C=CCO[C@H](Cc1ccc(F)cc1)[C@@H](O[Si](C(C)C)(C(C)C)C(C)C)C(C)C. The number of hydrogen-bond donors (Lipinski definition) is 0. The molecule has 0 amide bonds. The van der Waals surface area contributed by atoms with Gasteiger partial charge in [0.25, 0.3) is 0 Å². The topological polar surface area (TPSA) is 18.5 Å². The third-order valence-corrected chi connectivity index (χ3v) is 11.9. The summed E-state index contributed by atoms with van der Waals surface area (Å²) < 4.78 is 26.7. The van der Waals surface area contributed by atoms with Crippen LogP contribution in [-0.4, -0.2) is 27.1 Å². The Morgan fingerprint density at radius 2 is 1.43 bits per heavy atom. The van der Waals surface area contributed by atoms with Crippen molar-refractivity contribution < 1.29 is 13.6 Å². The smallest absolute Gasteiger partial charge is 0.200 e. The van der Waals surface area contributed by atoms with Gasteiger partial charge in [-0.25, -0.2) is 4.39 Å². The molecule has 0 aliphatic rings. The van der Waals surface area contributed by atoms with Crippen molar-refractivity contribution >= 4 is 8.32 Å². The minimum absolute atomic E-state index is 0.0103. The first-order valence-corrected chi connectivity index (χ1v) is 12.8. The highest BCUT2D eigenvalue weighted by Gasteiger charge is 2.48. The van der Waals surface area contributed by atoms with E-state index in [-0.39, 0.29) is 18.0 Å². The van der Waals surface area contributed by atoms with Crippen LogP contribution < -0.4 is 0 Å². The molecule has 1 aromatic rings. The zero-order chi connectivity index (χ0) is 21.5. The molecular weight excluding hydrogens is 367 g/mol. The molecular formula is C24H41FO2Si. The fraction of sp³-hybridized carbons (Fsp3) is 0.667. The largest absolute Gasteiger partial charge is 0.410 e. The third-order valence-electron chi connectivity index (χ3n) is 5.85. The molecule has 0 bridgehead atoms. The summed E-state index contributed by atoms with van der Waals surface area (Å²) in [4.78, 5) is 0. The number of rotatable bonds is 12. The lowest BCUT2D eigenvalue weighted by Gasteiger charge is -2.47. The summed E-state index contributed by atoms with van der Waals surface area (Å²) in [6.07, 6.45) is 2.39. The van der Waals surface area contributed by atoms with E-state index in [2.05, 4.69) is 62.0 Å². The molecule has 0 saturated carbocycles. The van der Waals surface area contributed by atoms with Gasteiger partial charge in [0, 0.05) is 6.42 Å². The first-order chi connectivity index (χ1) is 13.1. The van der Waals surface area contributed by atoms with Crippen molar-refractivity contribution in [3.63, 3.8) is 0 Å². The van der Waals surface area contributed by atoms with E-state index < -0.39 is 8.32 Å². The van der Waals surface area contributed by atoms with E-state index in [9.17, 15) is 4.39 Å². The average Bonchev–Trinajstić information content (AvgIpc) is 2.60. The van der Waals surface area contributed by atoms with Crippen LogP contribution in [0.25, 0.3) is 0 Å². The molecule has 0 radical (unpaired) electrons. The van der Waals surface area contributed by atoms with E-state index in [1.807, 2.05) is 12.1 Å². The number of ether oxygens (including phenoxy) is 1. The lowest BCUT2D eigenvalue weighted by molar-refractivity contribution is -0.0406. The highest BCUT2D eigenvalue weighted by atomic mass is 28.4. The molecule has 0 unspecified atom stereocenters. The molecule has 4 heteroatoms. The lowest BCUT2D eigenvalue weighted by Crippen LogP contribution is -2.54. The van der Waals surface area contributed by atoms with Crippen LogP contribution in [0.5, 0.6) is 0 Å². The first kappa shape index (κ1) is 25.1. The molecule has 0 aliphatic heterocycles. The van der Waals surface area contributed by atoms with E-state index in [0.29, 0.717) is 35.6 Å². The van der Waals surface area contributed by atoms with E-state index in [1.54, 1.807) is 6.08 Å². The standard InChI is InChI=1S/C24H41FO2Si/c1-10-15-26-23(16-21-11-13-22(25)14-12-21)24(17(2)3)27-28(18(4)5,19(6)7)20(8)9/h10-14,17-20,23-24H,1,15-16H2,2-9H3/t23-,24+/m1/s1. The second kappa shape index (κ2) is 11.3. The van der Waals surface area contributed by atoms with Crippen LogP contribution in [0.15, 0.2) is 36.9 Å². The van der Waals surface area contributed by atoms with Gasteiger partial charge in [-0.2, -0.15) is 0 Å². The van der Waals surface area contributed by atoms with Gasteiger partial charge in [-0.05, 0) is 40.2 Å². The Labute approximate surface area is 173 Å². The Kier molecular flexibility index (Phi) is 10.1. The van der Waals surface area contributed by atoms with Crippen molar-refractivity contribution in [2.45, 2.75) is 90.6 Å². The van der Waals surface area contributed by atoms with E-state index in [0.717, 1.165) is 5.56 Å². The Bertz CT molecular complexity index is 559. The van der Waals surface area contributed by atoms with E-state index in [1.165, 1.54) is 12.1 Å². The number of halogens is 1. The highest BCUT2D eigenvalue weighted by Crippen LogP contribution is 2.44. The maximum Gasteiger partial charge on any atom is 0.200 e. The highest BCUT2D eigenvalue weighted by molar-refractivity contribution is 6.77. The molecule has 0 saturated heterocycles. The predicted octanol–water partition coefficient (Wildman–Crippen LogP) is 7.16. The molecule has 28 heavy (non-hydrogen) atoms. The average molecular weight is 409 g/mol. The summed E-state index contributed by atoms with van der Waals surface area (Å²) in [6, 6.07) is 6.71.